The molecule has 0 fully saturated rings. The quantitative estimate of drug-likeness (QED) is 0.639. The van der Waals surface area contributed by atoms with Gasteiger partial charge in [0.25, 0.3) is 11.8 Å². The number of nitrogens with one attached hydrogen (secondary N) is 1. The molecule has 2 amide bonds. The fourth-order valence-electron chi connectivity index (χ4n) is 1.44. The number of ether oxygens (including phenoxy) is 2. The summed E-state index contributed by atoms with van der Waals surface area (Å²) in [4.78, 5) is 34.4. The first kappa shape index (κ1) is 18.3. The molecule has 0 bridgehead atoms. The van der Waals surface area contributed by atoms with E-state index in [1.54, 1.807) is 13.8 Å². The van der Waals surface area contributed by atoms with E-state index in [-0.39, 0.29) is 11.3 Å². The molecule has 0 saturated carbocycles. The second kappa shape index (κ2) is 8.62. The first-order valence-corrected chi connectivity index (χ1v) is 6.48. The second-order valence-corrected chi connectivity index (χ2v) is 4.61. The Morgan fingerprint density at radius 3 is 2.30 bits per heavy atom. The Kier molecular flexibility index (Phi) is 6.85. The predicted octanol–water partition coefficient (Wildman–Crippen LogP) is 2.05. The van der Waals surface area contributed by atoms with E-state index in [1.807, 2.05) is 5.32 Å². The predicted molar refractivity (Wildman–Crippen MR) is 75.9 cm³/mol. The zero-order valence-electron chi connectivity index (χ0n) is 12.5. The number of imide groups is 1. The van der Waals surface area contributed by atoms with Crippen molar-refractivity contribution in [3.05, 3.63) is 41.5 Å². The summed E-state index contributed by atoms with van der Waals surface area (Å²) in [5, 5.41) is 2.00. The van der Waals surface area contributed by atoms with E-state index < -0.39 is 31.0 Å². The highest BCUT2D eigenvalue weighted by Crippen LogP contribution is 2.14. The molecule has 23 heavy (non-hydrogen) atoms. The van der Waals surface area contributed by atoms with Gasteiger partial charge in [-0.2, -0.15) is 8.78 Å². The number of carbonyl (C=O) groups is 3. The van der Waals surface area contributed by atoms with Crippen molar-refractivity contribution in [1.82, 2.24) is 5.32 Å². The maximum atomic E-state index is 12.0. The Labute approximate surface area is 131 Å². The van der Waals surface area contributed by atoms with Gasteiger partial charge in [0.15, 0.2) is 6.61 Å². The van der Waals surface area contributed by atoms with Gasteiger partial charge in [0.2, 0.25) is 0 Å². The number of esters is 1. The summed E-state index contributed by atoms with van der Waals surface area (Å²) < 4.78 is 32.7. The van der Waals surface area contributed by atoms with E-state index in [0.29, 0.717) is 5.57 Å². The van der Waals surface area contributed by atoms with Crippen LogP contribution in [-0.2, 0) is 14.3 Å². The third-order valence-electron chi connectivity index (χ3n) is 2.35. The normalized spacial score (nSPS) is 9.96. The average molecular weight is 327 g/mol. The highest BCUT2D eigenvalue weighted by Gasteiger charge is 2.12. The fourth-order valence-corrected chi connectivity index (χ4v) is 1.44. The van der Waals surface area contributed by atoms with Crippen LogP contribution in [0.2, 0.25) is 0 Å². The molecule has 0 heterocycles. The summed E-state index contributed by atoms with van der Waals surface area (Å²) in [6.45, 7) is -0.203. The highest BCUT2D eigenvalue weighted by atomic mass is 19.3. The molecule has 0 aromatic heterocycles. The molecular weight excluding hydrogens is 312 g/mol. The molecule has 1 rings (SSSR count). The summed E-state index contributed by atoms with van der Waals surface area (Å²) in [5.41, 5.74) is 0.771. The summed E-state index contributed by atoms with van der Waals surface area (Å²) in [6, 6.07) is 4.77. The number of alkyl halides is 2. The lowest BCUT2D eigenvalue weighted by Crippen LogP contribution is -2.34. The lowest BCUT2D eigenvalue weighted by Gasteiger charge is -2.06. The van der Waals surface area contributed by atoms with Crippen molar-refractivity contribution in [1.29, 1.82) is 0 Å². The molecule has 6 nitrogen and oxygen atoms in total. The van der Waals surface area contributed by atoms with E-state index in [9.17, 15) is 23.2 Å². The number of hydrogen-bond acceptors (Lipinski definition) is 5. The Hall–Kier alpha value is -2.77. The lowest BCUT2D eigenvalue weighted by atomic mass is 10.2. The van der Waals surface area contributed by atoms with Crippen LogP contribution < -0.4 is 10.1 Å². The number of amides is 2. The Balaban J connectivity index is 2.50. The number of carbonyl (C=O) groups excluding carboxylic acids is 3. The smallest absolute Gasteiger partial charge is 0.387 e. The van der Waals surface area contributed by atoms with Gasteiger partial charge in [-0.05, 0) is 38.1 Å². The fraction of sp³-hybridized carbons (Fsp3) is 0.267. The molecule has 0 radical (unpaired) electrons. The lowest BCUT2D eigenvalue weighted by molar-refractivity contribution is -0.143. The van der Waals surface area contributed by atoms with Crippen LogP contribution in [0.25, 0.3) is 0 Å². The van der Waals surface area contributed by atoms with Gasteiger partial charge < -0.3 is 9.47 Å². The topological polar surface area (TPSA) is 81.7 Å². The van der Waals surface area contributed by atoms with Crippen LogP contribution in [0.15, 0.2) is 35.9 Å². The van der Waals surface area contributed by atoms with Crippen LogP contribution in [0.3, 0.4) is 0 Å². The van der Waals surface area contributed by atoms with Crippen LogP contribution in [0.4, 0.5) is 8.78 Å². The second-order valence-electron chi connectivity index (χ2n) is 4.61. The molecule has 0 atom stereocenters. The van der Waals surface area contributed by atoms with E-state index in [4.69, 9.17) is 0 Å². The van der Waals surface area contributed by atoms with E-state index in [1.165, 1.54) is 30.3 Å². The van der Waals surface area contributed by atoms with Gasteiger partial charge in [0.05, 0.1) is 0 Å². The maximum Gasteiger partial charge on any atom is 0.387 e. The van der Waals surface area contributed by atoms with Crippen LogP contribution >= 0.6 is 0 Å². The number of allylic oxidation sites excluding steroid dienone is 1. The summed E-state index contributed by atoms with van der Waals surface area (Å²) in [7, 11) is 0. The molecule has 0 saturated heterocycles. The molecule has 124 valence electrons. The molecular formula is C15H15F2NO5. The molecule has 0 aliphatic rings. The van der Waals surface area contributed by atoms with Gasteiger partial charge >= 0.3 is 12.6 Å². The number of rotatable bonds is 6. The van der Waals surface area contributed by atoms with E-state index >= 15 is 0 Å². The van der Waals surface area contributed by atoms with Crippen molar-refractivity contribution in [2.45, 2.75) is 20.5 Å². The molecule has 1 N–H and O–H groups in total. The van der Waals surface area contributed by atoms with Gasteiger partial charge in [-0.15, -0.1) is 0 Å². The van der Waals surface area contributed by atoms with Crippen molar-refractivity contribution in [3.8, 4) is 5.75 Å². The third kappa shape index (κ3) is 7.16. The van der Waals surface area contributed by atoms with Gasteiger partial charge in [-0.3, -0.25) is 14.9 Å². The Bertz CT molecular complexity index is 607. The highest BCUT2D eigenvalue weighted by molar-refractivity contribution is 6.05. The largest absolute Gasteiger partial charge is 0.452 e. The summed E-state index contributed by atoms with van der Waals surface area (Å²) in [5.74, 6) is -2.37. The maximum absolute atomic E-state index is 12.0. The van der Waals surface area contributed by atoms with Crippen molar-refractivity contribution in [2.24, 2.45) is 0 Å². The minimum absolute atomic E-state index is 0.0654. The van der Waals surface area contributed by atoms with Crippen molar-refractivity contribution in [2.75, 3.05) is 6.61 Å². The molecule has 0 aliphatic heterocycles. The average Bonchev–Trinajstić information content (AvgIpc) is 2.44. The van der Waals surface area contributed by atoms with E-state index in [2.05, 4.69) is 9.47 Å². The minimum Gasteiger partial charge on any atom is -0.452 e. The van der Waals surface area contributed by atoms with Gasteiger partial charge in [0.1, 0.15) is 5.75 Å². The Morgan fingerprint density at radius 2 is 1.78 bits per heavy atom. The van der Waals surface area contributed by atoms with Gasteiger partial charge in [-0.25, -0.2) is 4.79 Å². The SMILES string of the molecule is CC(C)=CC(=O)OCC(=O)NC(=O)c1ccc(OC(F)F)cc1. The third-order valence-corrected chi connectivity index (χ3v) is 2.35. The standard InChI is InChI=1S/C15H15F2NO5/c1-9(2)7-13(20)22-8-12(19)18-14(21)10-3-5-11(6-4-10)23-15(16)17/h3-7,15H,8H2,1-2H3,(H,18,19,21). The summed E-state index contributed by atoms with van der Waals surface area (Å²) in [6.07, 6.45) is 1.21. The zero-order valence-corrected chi connectivity index (χ0v) is 12.5. The van der Waals surface area contributed by atoms with Crippen LogP contribution in [0, 0.1) is 0 Å². The number of hydrogen-bond donors (Lipinski definition) is 1. The van der Waals surface area contributed by atoms with Gasteiger partial charge in [0, 0.05) is 11.6 Å². The van der Waals surface area contributed by atoms with E-state index in [0.717, 1.165) is 0 Å². The molecule has 1 aromatic rings. The van der Waals surface area contributed by atoms with Crippen molar-refractivity contribution in [3.63, 3.8) is 0 Å². The molecule has 0 spiro atoms. The first-order valence-electron chi connectivity index (χ1n) is 6.48. The number of benzene rings is 1. The minimum atomic E-state index is -2.97. The van der Waals surface area contributed by atoms with Gasteiger partial charge in [-0.1, -0.05) is 5.57 Å². The van der Waals surface area contributed by atoms with Crippen LogP contribution in [0.5, 0.6) is 5.75 Å². The van der Waals surface area contributed by atoms with Crippen molar-refractivity contribution < 1.29 is 32.6 Å². The summed E-state index contributed by atoms with van der Waals surface area (Å²) >= 11 is 0. The molecule has 0 unspecified atom stereocenters. The number of halogens is 2. The zero-order chi connectivity index (χ0) is 17.4. The monoisotopic (exact) mass is 327 g/mol. The Morgan fingerprint density at radius 1 is 1.17 bits per heavy atom. The molecule has 0 aliphatic carbocycles. The molecule has 1 aromatic carbocycles. The van der Waals surface area contributed by atoms with Crippen LogP contribution in [0.1, 0.15) is 24.2 Å². The van der Waals surface area contributed by atoms with Crippen LogP contribution in [-0.4, -0.2) is 31.0 Å². The van der Waals surface area contributed by atoms with Crippen molar-refractivity contribution >= 4 is 17.8 Å². The molecule has 8 heteroatoms. The first-order chi connectivity index (χ1) is 10.8.